The maximum Gasteiger partial charge on any atom is 0.227 e. The summed E-state index contributed by atoms with van der Waals surface area (Å²) in [4.78, 5) is 14.1. The first-order chi connectivity index (χ1) is 8.26. The fraction of sp³-hybridized carbons (Fsp3) is 0.500. The fourth-order valence-corrected chi connectivity index (χ4v) is 2.35. The number of nitrogens with zero attached hydrogens (tertiary/aromatic N) is 1. The van der Waals surface area contributed by atoms with Crippen molar-refractivity contribution in [3.8, 4) is 0 Å². The molecule has 17 heavy (non-hydrogen) atoms. The van der Waals surface area contributed by atoms with Crippen molar-refractivity contribution in [2.24, 2.45) is 11.7 Å². The van der Waals surface area contributed by atoms with Crippen molar-refractivity contribution in [2.75, 3.05) is 18.0 Å². The third kappa shape index (κ3) is 2.50. The maximum absolute atomic E-state index is 12.2. The van der Waals surface area contributed by atoms with E-state index in [0.717, 1.165) is 25.1 Å². The number of anilines is 1. The minimum Gasteiger partial charge on any atom is -0.330 e. The highest BCUT2D eigenvalue weighted by molar-refractivity contribution is 5.95. The van der Waals surface area contributed by atoms with Gasteiger partial charge in [-0.1, -0.05) is 31.5 Å². The lowest BCUT2D eigenvalue weighted by Gasteiger charge is -2.20. The molecule has 0 aliphatic carbocycles. The zero-order valence-corrected chi connectivity index (χ0v) is 10.4. The van der Waals surface area contributed by atoms with Gasteiger partial charge in [-0.05, 0) is 30.5 Å². The lowest BCUT2D eigenvalue weighted by molar-refractivity contribution is -0.119. The molecule has 1 atom stereocenters. The Morgan fingerprint density at radius 2 is 2.24 bits per heavy atom. The lowest BCUT2D eigenvalue weighted by Crippen LogP contribution is -2.32. The van der Waals surface area contributed by atoms with Crippen molar-refractivity contribution < 1.29 is 4.79 Å². The number of fused-ring (bicyclic) bond motifs is 1. The molecule has 1 heterocycles. The second kappa shape index (κ2) is 5.32. The number of amides is 1. The Morgan fingerprint density at radius 1 is 1.47 bits per heavy atom. The Morgan fingerprint density at radius 3 is 2.94 bits per heavy atom. The molecule has 0 radical (unpaired) electrons. The summed E-state index contributed by atoms with van der Waals surface area (Å²) in [5, 5.41) is 0. The smallest absolute Gasteiger partial charge is 0.227 e. The van der Waals surface area contributed by atoms with Gasteiger partial charge >= 0.3 is 0 Å². The van der Waals surface area contributed by atoms with Gasteiger partial charge in [0.1, 0.15) is 0 Å². The van der Waals surface area contributed by atoms with Crippen LogP contribution in [0, 0.1) is 5.92 Å². The van der Waals surface area contributed by atoms with Gasteiger partial charge in [0.15, 0.2) is 0 Å². The number of rotatable bonds is 4. The normalized spacial score (nSPS) is 15.8. The summed E-state index contributed by atoms with van der Waals surface area (Å²) in [5.41, 5.74) is 8.02. The number of hydrogen-bond donors (Lipinski definition) is 1. The average molecular weight is 232 g/mol. The van der Waals surface area contributed by atoms with Gasteiger partial charge in [-0.15, -0.1) is 0 Å². The standard InChI is InChI=1S/C14H20N2O/c1-2-11(10-15)9-14(17)16-8-7-12-5-3-4-6-13(12)16/h3-6,11H,2,7-10,15H2,1H3. The van der Waals surface area contributed by atoms with Crippen molar-refractivity contribution in [2.45, 2.75) is 26.2 Å². The van der Waals surface area contributed by atoms with E-state index in [1.807, 2.05) is 23.1 Å². The van der Waals surface area contributed by atoms with Crippen molar-refractivity contribution in [1.29, 1.82) is 0 Å². The van der Waals surface area contributed by atoms with Crippen molar-refractivity contribution in [1.82, 2.24) is 0 Å². The SMILES string of the molecule is CCC(CN)CC(=O)N1CCc2ccccc21. The summed E-state index contributed by atoms with van der Waals surface area (Å²) < 4.78 is 0. The highest BCUT2D eigenvalue weighted by Gasteiger charge is 2.25. The van der Waals surface area contributed by atoms with Gasteiger partial charge in [0, 0.05) is 18.7 Å². The zero-order chi connectivity index (χ0) is 12.3. The number of nitrogens with two attached hydrogens (primary N) is 1. The summed E-state index contributed by atoms with van der Waals surface area (Å²) in [5.74, 6) is 0.530. The molecule has 1 aliphatic rings. The quantitative estimate of drug-likeness (QED) is 0.862. The van der Waals surface area contributed by atoms with Gasteiger partial charge in [0.2, 0.25) is 5.91 Å². The second-order valence-corrected chi connectivity index (χ2v) is 4.64. The molecular formula is C14H20N2O. The Hall–Kier alpha value is -1.35. The highest BCUT2D eigenvalue weighted by atomic mass is 16.2. The number of benzene rings is 1. The molecule has 2 N–H and O–H groups in total. The lowest BCUT2D eigenvalue weighted by atomic mass is 10.0. The first-order valence-corrected chi connectivity index (χ1v) is 6.34. The van der Waals surface area contributed by atoms with E-state index < -0.39 is 0 Å². The summed E-state index contributed by atoms with van der Waals surface area (Å²) in [6.45, 7) is 3.50. The second-order valence-electron chi connectivity index (χ2n) is 4.64. The molecule has 3 heteroatoms. The van der Waals surface area contributed by atoms with Crippen molar-refractivity contribution in [3.63, 3.8) is 0 Å². The highest BCUT2D eigenvalue weighted by Crippen LogP contribution is 2.28. The minimum atomic E-state index is 0.215. The Bertz CT molecular complexity index is 399. The van der Waals surface area contributed by atoms with Crippen LogP contribution in [0.5, 0.6) is 0 Å². The van der Waals surface area contributed by atoms with Crippen LogP contribution in [0.2, 0.25) is 0 Å². The van der Waals surface area contributed by atoms with Gasteiger partial charge in [0.25, 0.3) is 0 Å². The van der Waals surface area contributed by atoms with E-state index in [2.05, 4.69) is 13.0 Å². The van der Waals surface area contributed by atoms with E-state index >= 15 is 0 Å². The van der Waals surface area contributed by atoms with E-state index in [-0.39, 0.29) is 5.91 Å². The molecular weight excluding hydrogens is 212 g/mol. The molecule has 0 aromatic heterocycles. The van der Waals surface area contributed by atoms with Gasteiger partial charge in [0.05, 0.1) is 0 Å². The number of carbonyl (C=O) groups excluding carboxylic acids is 1. The summed E-state index contributed by atoms with van der Waals surface area (Å²) >= 11 is 0. The van der Waals surface area contributed by atoms with Crippen LogP contribution in [0.3, 0.4) is 0 Å². The van der Waals surface area contributed by atoms with E-state index in [4.69, 9.17) is 5.73 Å². The molecule has 2 rings (SSSR count). The van der Waals surface area contributed by atoms with E-state index in [0.29, 0.717) is 18.9 Å². The van der Waals surface area contributed by atoms with Crippen molar-refractivity contribution in [3.05, 3.63) is 29.8 Å². The molecule has 1 aliphatic heterocycles. The maximum atomic E-state index is 12.2. The van der Waals surface area contributed by atoms with Gasteiger partial charge in [-0.25, -0.2) is 0 Å². The zero-order valence-electron chi connectivity index (χ0n) is 10.4. The molecule has 1 amide bonds. The Balaban J connectivity index is 2.07. The summed E-state index contributed by atoms with van der Waals surface area (Å²) in [7, 11) is 0. The molecule has 92 valence electrons. The van der Waals surface area contributed by atoms with Crippen LogP contribution in [-0.2, 0) is 11.2 Å². The first kappa shape index (κ1) is 12.1. The third-order valence-electron chi connectivity index (χ3n) is 3.56. The number of carbonyl (C=O) groups is 1. The number of para-hydroxylation sites is 1. The van der Waals surface area contributed by atoms with Gasteiger partial charge in [-0.2, -0.15) is 0 Å². The van der Waals surface area contributed by atoms with E-state index in [1.165, 1.54) is 5.56 Å². The fourth-order valence-electron chi connectivity index (χ4n) is 2.35. The van der Waals surface area contributed by atoms with Crippen LogP contribution < -0.4 is 10.6 Å². The van der Waals surface area contributed by atoms with Crippen molar-refractivity contribution >= 4 is 11.6 Å². The van der Waals surface area contributed by atoms with Crippen LogP contribution in [0.15, 0.2) is 24.3 Å². The molecule has 0 spiro atoms. The first-order valence-electron chi connectivity index (χ1n) is 6.34. The molecule has 0 saturated heterocycles. The minimum absolute atomic E-state index is 0.215. The van der Waals surface area contributed by atoms with Crippen LogP contribution >= 0.6 is 0 Å². The molecule has 0 saturated carbocycles. The average Bonchev–Trinajstić information content (AvgIpc) is 2.79. The molecule has 0 bridgehead atoms. The largest absolute Gasteiger partial charge is 0.330 e. The van der Waals surface area contributed by atoms with E-state index in [1.54, 1.807) is 0 Å². The topological polar surface area (TPSA) is 46.3 Å². The molecule has 0 fully saturated rings. The van der Waals surface area contributed by atoms with Crippen LogP contribution in [0.25, 0.3) is 0 Å². The van der Waals surface area contributed by atoms with Gasteiger partial charge in [-0.3, -0.25) is 4.79 Å². The van der Waals surface area contributed by atoms with Crippen LogP contribution in [-0.4, -0.2) is 19.0 Å². The molecule has 3 nitrogen and oxygen atoms in total. The predicted octanol–water partition coefficient (Wildman–Crippen LogP) is 1.95. The summed E-state index contributed by atoms with van der Waals surface area (Å²) in [6, 6.07) is 8.15. The number of hydrogen-bond acceptors (Lipinski definition) is 2. The monoisotopic (exact) mass is 232 g/mol. The Kier molecular flexibility index (Phi) is 3.79. The molecule has 1 aromatic rings. The Labute approximate surface area is 103 Å². The molecule has 1 unspecified atom stereocenters. The summed E-state index contributed by atoms with van der Waals surface area (Å²) in [6.07, 6.45) is 2.51. The van der Waals surface area contributed by atoms with Crippen LogP contribution in [0.4, 0.5) is 5.69 Å². The van der Waals surface area contributed by atoms with E-state index in [9.17, 15) is 4.79 Å². The molecule has 1 aromatic carbocycles. The third-order valence-corrected chi connectivity index (χ3v) is 3.56. The van der Waals surface area contributed by atoms with Crippen LogP contribution in [0.1, 0.15) is 25.3 Å². The predicted molar refractivity (Wildman–Crippen MR) is 70.0 cm³/mol. The van der Waals surface area contributed by atoms with Gasteiger partial charge < -0.3 is 10.6 Å².